The lowest BCUT2D eigenvalue weighted by atomic mass is 9.75. The van der Waals surface area contributed by atoms with Gasteiger partial charge in [-0.1, -0.05) is 46.3 Å². The highest BCUT2D eigenvalue weighted by molar-refractivity contribution is 4.82. The molecule has 0 spiro atoms. The lowest BCUT2D eigenvalue weighted by molar-refractivity contribution is 0.208. The third-order valence-corrected chi connectivity index (χ3v) is 3.14. The third kappa shape index (κ3) is 3.94. The van der Waals surface area contributed by atoms with E-state index in [4.69, 9.17) is 0 Å². The first-order valence-electron chi connectivity index (χ1n) is 5.15. The molecule has 0 amide bonds. The van der Waals surface area contributed by atoms with Crippen molar-refractivity contribution in [3.05, 3.63) is 12.2 Å². The van der Waals surface area contributed by atoms with Crippen molar-refractivity contribution in [3.8, 4) is 0 Å². The summed E-state index contributed by atoms with van der Waals surface area (Å²) in [5, 5.41) is 0. The van der Waals surface area contributed by atoms with Gasteiger partial charge in [0.1, 0.15) is 0 Å². The van der Waals surface area contributed by atoms with Crippen molar-refractivity contribution in [1.29, 1.82) is 0 Å². The maximum Gasteiger partial charge on any atom is -0.0326 e. The average Bonchev–Trinajstić information content (AvgIpc) is 2.03. The van der Waals surface area contributed by atoms with Crippen LogP contribution in [0.2, 0.25) is 0 Å². The van der Waals surface area contributed by atoms with E-state index in [0.29, 0.717) is 5.41 Å². The molecule has 0 saturated carbocycles. The van der Waals surface area contributed by atoms with Gasteiger partial charge in [-0.3, -0.25) is 0 Å². The monoisotopic (exact) mass is 168 g/mol. The molecule has 0 aromatic heterocycles. The zero-order chi connectivity index (χ0) is 9.61. The maximum atomic E-state index is 2.38. The van der Waals surface area contributed by atoms with E-state index in [2.05, 4.69) is 46.8 Å². The van der Waals surface area contributed by atoms with Crippen LogP contribution in [-0.2, 0) is 0 Å². The molecular weight excluding hydrogens is 144 g/mol. The second-order valence-electron chi connectivity index (χ2n) is 4.41. The lowest BCUT2D eigenvalue weighted by Crippen LogP contribution is -2.20. The molecule has 0 aliphatic carbocycles. The summed E-state index contributed by atoms with van der Waals surface area (Å²) in [5.41, 5.74) is 0.508. The van der Waals surface area contributed by atoms with E-state index in [1.807, 2.05) is 0 Å². The second-order valence-corrected chi connectivity index (χ2v) is 4.41. The summed E-state index contributed by atoms with van der Waals surface area (Å²) in [6.45, 7) is 11.5. The van der Waals surface area contributed by atoms with Gasteiger partial charge in [0.05, 0.1) is 0 Å². The van der Waals surface area contributed by atoms with Gasteiger partial charge in [-0.15, -0.1) is 0 Å². The van der Waals surface area contributed by atoms with E-state index >= 15 is 0 Å². The topological polar surface area (TPSA) is 0 Å². The van der Waals surface area contributed by atoms with E-state index in [-0.39, 0.29) is 0 Å². The molecule has 0 aromatic rings. The molecule has 72 valence electrons. The van der Waals surface area contributed by atoms with E-state index in [0.717, 1.165) is 5.92 Å². The minimum absolute atomic E-state index is 0.508. The number of hydrogen-bond acceptors (Lipinski definition) is 0. The molecule has 0 heteroatoms. The molecule has 0 saturated heterocycles. The Balaban J connectivity index is 3.85. The summed E-state index contributed by atoms with van der Waals surface area (Å²) >= 11 is 0. The molecule has 0 nitrogen and oxygen atoms in total. The Hall–Kier alpha value is -0.260. The predicted octanol–water partition coefficient (Wildman–Crippen LogP) is 4.42. The van der Waals surface area contributed by atoms with Crippen LogP contribution in [0, 0.1) is 11.3 Å². The molecule has 1 atom stereocenters. The summed E-state index contributed by atoms with van der Waals surface area (Å²) in [5.74, 6) is 0.836. The van der Waals surface area contributed by atoms with E-state index in [1.165, 1.54) is 19.3 Å². The predicted molar refractivity (Wildman–Crippen MR) is 57.3 cm³/mol. The first-order valence-corrected chi connectivity index (χ1v) is 5.15. The Labute approximate surface area is 78.1 Å². The highest BCUT2D eigenvalue weighted by Gasteiger charge is 2.22. The smallest absolute Gasteiger partial charge is 0.0326 e. The molecule has 0 rings (SSSR count). The molecule has 0 aliphatic rings. The van der Waals surface area contributed by atoms with Gasteiger partial charge >= 0.3 is 0 Å². The fraction of sp³-hybridized carbons (Fsp3) is 0.833. The zero-order valence-corrected chi connectivity index (χ0v) is 9.35. The normalized spacial score (nSPS) is 15.4. The van der Waals surface area contributed by atoms with Gasteiger partial charge in [0.2, 0.25) is 0 Å². The molecule has 0 heterocycles. The molecule has 0 bridgehead atoms. The summed E-state index contributed by atoms with van der Waals surface area (Å²) in [4.78, 5) is 0. The van der Waals surface area contributed by atoms with Gasteiger partial charge in [-0.25, -0.2) is 0 Å². The number of rotatable bonds is 5. The zero-order valence-electron chi connectivity index (χ0n) is 9.35. The first kappa shape index (κ1) is 11.7. The van der Waals surface area contributed by atoms with Crippen LogP contribution >= 0.6 is 0 Å². The fourth-order valence-electron chi connectivity index (χ4n) is 1.42. The Morgan fingerprint density at radius 1 is 1.33 bits per heavy atom. The molecule has 0 N–H and O–H groups in total. The van der Waals surface area contributed by atoms with Crippen molar-refractivity contribution in [2.24, 2.45) is 11.3 Å². The van der Waals surface area contributed by atoms with Crippen LogP contribution in [0.25, 0.3) is 0 Å². The molecule has 1 unspecified atom stereocenters. The largest absolute Gasteiger partial charge is 0.0917 e. The molecule has 0 radical (unpaired) electrons. The number of hydrogen-bond donors (Lipinski definition) is 0. The quantitative estimate of drug-likeness (QED) is 0.533. The fourth-order valence-corrected chi connectivity index (χ4v) is 1.42. The van der Waals surface area contributed by atoms with Crippen LogP contribution in [0.15, 0.2) is 12.2 Å². The Bertz CT molecular complexity index is 131. The van der Waals surface area contributed by atoms with Crippen LogP contribution in [0.1, 0.15) is 53.9 Å². The van der Waals surface area contributed by atoms with Gasteiger partial charge in [-0.2, -0.15) is 0 Å². The molecular formula is C12H24. The van der Waals surface area contributed by atoms with Gasteiger partial charge in [0.25, 0.3) is 0 Å². The highest BCUT2D eigenvalue weighted by atomic mass is 14.3. The highest BCUT2D eigenvalue weighted by Crippen LogP contribution is 2.33. The summed E-state index contributed by atoms with van der Waals surface area (Å²) < 4.78 is 0. The summed E-state index contributed by atoms with van der Waals surface area (Å²) in [6.07, 6.45) is 8.25. The van der Waals surface area contributed by atoms with E-state index in [1.54, 1.807) is 0 Å². The minimum Gasteiger partial charge on any atom is -0.0917 e. The third-order valence-electron chi connectivity index (χ3n) is 3.14. The van der Waals surface area contributed by atoms with E-state index < -0.39 is 0 Å². The Morgan fingerprint density at radius 3 is 2.33 bits per heavy atom. The van der Waals surface area contributed by atoms with E-state index in [9.17, 15) is 0 Å². The minimum atomic E-state index is 0.508. The van der Waals surface area contributed by atoms with Crippen LogP contribution < -0.4 is 0 Å². The SMILES string of the molecule is CC=CCCC(C)(C)C(C)CC. The maximum absolute atomic E-state index is 2.38. The van der Waals surface area contributed by atoms with Crippen LogP contribution in [0.4, 0.5) is 0 Å². The average molecular weight is 168 g/mol. The standard InChI is InChI=1S/C12H24/c1-6-8-9-10-12(4,5)11(3)7-2/h6,8,11H,7,9-10H2,1-5H3. The lowest BCUT2D eigenvalue weighted by Gasteiger charge is -2.30. The van der Waals surface area contributed by atoms with Crippen molar-refractivity contribution in [3.63, 3.8) is 0 Å². The van der Waals surface area contributed by atoms with Crippen molar-refractivity contribution >= 4 is 0 Å². The van der Waals surface area contributed by atoms with Crippen LogP contribution in [0.3, 0.4) is 0 Å². The van der Waals surface area contributed by atoms with Crippen molar-refractivity contribution < 1.29 is 0 Å². The Kier molecular flexibility index (Phi) is 5.28. The van der Waals surface area contributed by atoms with Crippen LogP contribution in [0.5, 0.6) is 0 Å². The molecule has 12 heavy (non-hydrogen) atoms. The number of allylic oxidation sites excluding steroid dienone is 2. The van der Waals surface area contributed by atoms with Crippen LogP contribution in [-0.4, -0.2) is 0 Å². The summed E-state index contributed by atoms with van der Waals surface area (Å²) in [6, 6.07) is 0. The molecule has 0 aliphatic heterocycles. The second kappa shape index (κ2) is 5.40. The Morgan fingerprint density at radius 2 is 1.92 bits per heavy atom. The first-order chi connectivity index (χ1) is 5.54. The van der Waals surface area contributed by atoms with Crippen molar-refractivity contribution in [2.75, 3.05) is 0 Å². The van der Waals surface area contributed by atoms with Gasteiger partial charge in [0.15, 0.2) is 0 Å². The van der Waals surface area contributed by atoms with Crippen molar-refractivity contribution in [2.45, 2.75) is 53.9 Å². The summed E-state index contributed by atoms with van der Waals surface area (Å²) in [7, 11) is 0. The van der Waals surface area contributed by atoms with Crippen molar-refractivity contribution in [1.82, 2.24) is 0 Å². The van der Waals surface area contributed by atoms with Gasteiger partial charge in [0, 0.05) is 0 Å². The molecule has 0 fully saturated rings. The molecule has 0 aromatic carbocycles. The van der Waals surface area contributed by atoms with Gasteiger partial charge in [-0.05, 0) is 31.1 Å². The van der Waals surface area contributed by atoms with Gasteiger partial charge < -0.3 is 0 Å².